The summed E-state index contributed by atoms with van der Waals surface area (Å²) in [6.45, 7) is 6.65. The first-order valence-corrected chi connectivity index (χ1v) is 2.72. The normalized spacial score (nSPS) is 7.67. The van der Waals surface area contributed by atoms with Crippen LogP contribution in [0.4, 0.5) is 0 Å². The van der Waals surface area contributed by atoms with Gasteiger partial charge in [-0.2, -0.15) is 5.26 Å². The van der Waals surface area contributed by atoms with E-state index in [9.17, 15) is 4.79 Å². The van der Waals surface area contributed by atoms with Crippen molar-refractivity contribution in [1.29, 1.82) is 5.26 Å². The van der Waals surface area contributed by atoms with Crippen molar-refractivity contribution in [3.8, 4) is 6.07 Å². The molecule has 0 aromatic rings. The van der Waals surface area contributed by atoms with Crippen LogP contribution >= 0.6 is 0 Å². The maximum absolute atomic E-state index is 10.8. The number of rotatable bonds is 2. The van der Waals surface area contributed by atoms with Gasteiger partial charge < -0.3 is 4.79 Å². The highest BCUT2D eigenvalue weighted by Crippen LogP contribution is 1.93. The van der Waals surface area contributed by atoms with Gasteiger partial charge in [0.2, 0.25) is 6.71 Å². The molecule has 0 saturated carbocycles. The Hall–Kier alpha value is -1.04. The van der Waals surface area contributed by atoms with Gasteiger partial charge in [0.1, 0.15) is 11.8 Å². The van der Waals surface area contributed by atoms with Crippen LogP contribution < -0.4 is 0 Å². The summed E-state index contributed by atoms with van der Waals surface area (Å²) in [7, 11) is 0. The van der Waals surface area contributed by atoms with Crippen molar-refractivity contribution >= 4 is 12.4 Å². The molecular weight excluding hydrogens is 113 g/mol. The van der Waals surface area contributed by atoms with E-state index in [0.29, 0.717) is 0 Å². The van der Waals surface area contributed by atoms with E-state index >= 15 is 0 Å². The molecule has 0 aromatic carbocycles. The number of carbonyl (C=O) groups is 1. The Labute approximate surface area is 55.3 Å². The molecule has 0 aliphatic carbocycles. The summed E-state index contributed by atoms with van der Waals surface area (Å²) in [5, 5.41) is 8.18. The lowest BCUT2D eigenvalue weighted by Crippen LogP contribution is -2.18. The maximum Gasteiger partial charge on any atom is 0.224 e. The molecule has 0 atom stereocenters. The molecule has 0 unspecified atom stereocenters. The summed E-state index contributed by atoms with van der Waals surface area (Å²) in [5.74, 6) is 0. The Morgan fingerprint density at radius 1 is 1.67 bits per heavy atom. The van der Waals surface area contributed by atoms with Gasteiger partial charge in [-0.25, -0.2) is 0 Å². The fourth-order valence-electron chi connectivity index (χ4n) is 0.404. The number of hydrogen-bond acceptors (Lipinski definition) is 2. The first-order chi connectivity index (χ1) is 4.09. The highest BCUT2D eigenvalue weighted by atomic mass is 16.1. The number of carbonyl (C=O) groups excluding carboxylic acids is 1. The van der Waals surface area contributed by atoms with Crippen molar-refractivity contribution < 1.29 is 4.79 Å². The molecule has 0 heterocycles. The van der Waals surface area contributed by atoms with E-state index in [-0.39, 0.29) is 18.0 Å². The average molecular weight is 121 g/mol. The molecule has 0 amide bonds. The van der Waals surface area contributed by atoms with Gasteiger partial charge in [-0.3, -0.25) is 0 Å². The fourth-order valence-corrected chi connectivity index (χ4v) is 0.404. The van der Waals surface area contributed by atoms with Crippen LogP contribution in [0.5, 0.6) is 0 Å². The zero-order valence-electron chi connectivity index (χ0n) is 5.64. The van der Waals surface area contributed by atoms with E-state index in [1.54, 1.807) is 19.7 Å². The first-order valence-electron chi connectivity index (χ1n) is 2.72. The Balaban J connectivity index is 4.10. The molecule has 0 saturated heterocycles. The quantitative estimate of drug-likeness (QED) is 0.309. The third-order valence-corrected chi connectivity index (χ3v) is 0.957. The molecule has 2 nitrogen and oxygen atoms in total. The van der Waals surface area contributed by atoms with E-state index < -0.39 is 0 Å². The third-order valence-electron chi connectivity index (χ3n) is 0.957. The van der Waals surface area contributed by atoms with E-state index in [2.05, 4.69) is 6.58 Å². The van der Waals surface area contributed by atoms with Crippen molar-refractivity contribution in [2.45, 2.75) is 13.6 Å². The summed E-state index contributed by atoms with van der Waals surface area (Å²) < 4.78 is 0. The lowest BCUT2D eigenvalue weighted by molar-refractivity contribution is -0.108. The van der Waals surface area contributed by atoms with Crippen molar-refractivity contribution in [1.82, 2.24) is 0 Å². The molecule has 3 heteroatoms. The second-order valence-electron chi connectivity index (χ2n) is 2.11. The monoisotopic (exact) mass is 121 g/mol. The fraction of sp³-hybridized carbons (Fsp3) is 0.333. The van der Waals surface area contributed by atoms with Crippen molar-refractivity contribution in [2.24, 2.45) is 0 Å². The van der Waals surface area contributed by atoms with Gasteiger partial charge in [-0.05, 0) is 0 Å². The molecule has 0 N–H and O–H groups in total. The van der Waals surface area contributed by atoms with Crippen LogP contribution in [0, 0.1) is 11.3 Å². The van der Waals surface area contributed by atoms with E-state index in [4.69, 9.17) is 5.26 Å². The minimum absolute atomic E-state index is 0.0463. The highest BCUT2D eigenvalue weighted by Gasteiger charge is 2.13. The van der Waals surface area contributed by atoms with Crippen LogP contribution in [0.2, 0.25) is 13.6 Å². The minimum atomic E-state index is -0.169. The number of allylic oxidation sites excluding steroid dienone is 1. The lowest BCUT2D eigenvalue weighted by atomic mass is 9.50. The first kappa shape index (κ1) is 7.96. The summed E-state index contributed by atoms with van der Waals surface area (Å²) in [4.78, 5) is 10.8. The minimum Gasteiger partial charge on any atom is -0.305 e. The average Bonchev–Trinajstić information content (AvgIpc) is 1.84. The van der Waals surface area contributed by atoms with Crippen molar-refractivity contribution in [2.75, 3.05) is 0 Å². The molecule has 0 aliphatic heterocycles. The van der Waals surface area contributed by atoms with Gasteiger partial charge in [0, 0.05) is 0 Å². The van der Waals surface area contributed by atoms with E-state index in [0.717, 1.165) is 0 Å². The second kappa shape index (κ2) is 3.08. The van der Waals surface area contributed by atoms with Crippen molar-refractivity contribution in [3.63, 3.8) is 0 Å². The van der Waals surface area contributed by atoms with E-state index in [1.807, 2.05) is 0 Å². The number of nitriles is 1. The molecule has 0 radical (unpaired) electrons. The summed E-state index contributed by atoms with van der Waals surface area (Å²) in [6, 6.07) is 1.70. The van der Waals surface area contributed by atoms with Crippen LogP contribution in [0.3, 0.4) is 0 Å². The van der Waals surface area contributed by atoms with Crippen LogP contribution in [0.25, 0.3) is 0 Å². The van der Waals surface area contributed by atoms with Crippen LogP contribution in [-0.4, -0.2) is 12.4 Å². The topological polar surface area (TPSA) is 40.9 Å². The summed E-state index contributed by atoms with van der Waals surface area (Å²) >= 11 is 0. The number of hydrogen-bond donors (Lipinski definition) is 0. The standard InChI is InChI=1S/C6H8BNO/c1-5(4-8)6(9)7(2)3/h1H2,2-3H3. The largest absolute Gasteiger partial charge is 0.305 e. The van der Waals surface area contributed by atoms with Gasteiger partial charge in [0.05, 0.1) is 5.57 Å². The second-order valence-corrected chi connectivity index (χ2v) is 2.11. The molecule has 46 valence electrons. The van der Waals surface area contributed by atoms with Gasteiger partial charge in [-0.1, -0.05) is 20.2 Å². The van der Waals surface area contributed by atoms with Crippen LogP contribution in [0.1, 0.15) is 0 Å². The third kappa shape index (κ3) is 2.14. The molecule has 0 aromatic heterocycles. The van der Waals surface area contributed by atoms with Gasteiger partial charge in [-0.15, -0.1) is 0 Å². The molecule has 9 heavy (non-hydrogen) atoms. The lowest BCUT2D eigenvalue weighted by Gasteiger charge is -1.93. The Morgan fingerprint density at radius 3 is 2.22 bits per heavy atom. The van der Waals surface area contributed by atoms with Crippen LogP contribution in [-0.2, 0) is 4.79 Å². The Kier molecular flexibility index (Phi) is 2.73. The Bertz CT molecular complexity index is 178. The smallest absolute Gasteiger partial charge is 0.224 e. The van der Waals surface area contributed by atoms with Gasteiger partial charge in [0.15, 0.2) is 0 Å². The maximum atomic E-state index is 10.8. The zero-order chi connectivity index (χ0) is 7.44. The highest BCUT2D eigenvalue weighted by molar-refractivity contribution is 6.91. The van der Waals surface area contributed by atoms with Gasteiger partial charge >= 0.3 is 0 Å². The van der Waals surface area contributed by atoms with E-state index in [1.165, 1.54) is 0 Å². The molecular formula is C6H8BNO. The summed E-state index contributed by atoms with van der Waals surface area (Å²) in [5.41, 5.74) is -0.123. The molecule has 0 bridgehead atoms. The Morgan fingerprint density at radius 2 is 2.11 bits per heavy atom. The summed E-state index contributed by atoms with van der Waals surface area (Å²) in [6.07, 6.45) is 0. The zero-order valence-corrected chi connectivity index (χ0v) is 5.64. The van der Waals surface area contributed by atoms with Crippen LogP contribution in [0.15, 0.2) is 12.2 Å². The predicted molar refractivity (Wildman–Crippen MR) is 37.2 cm³/mol. The molecule has 0 spiro atoms. The molecule has 0 fully saturated rings. The number of nitrogens with zero attached hydrogens (tertiary/aromatic N) is 1. The predicted octanol–water partition coefficient (Wildman–Crippen LogP) is 0.929. The molecule has 0 aliphatic rings. The SMILES string of the molecule is C=C(C#N)C(=O)B(C)C. The van der Waals surface area contributed by atoms with Gasteiger partial charge in [0.25, 0.3) is 0 Å². The van der Waals surface area contributed by atoms with Crippen molar-refractivity contribution in [3.05, 3.63) is 12.2 Å². The molecule has 0 rings (SSSR count).